The van der Waals surface area contributed by atoms with Gasteiger partial charge in [0, 0.05) is 0 Å². The number of halogens is 3. The van der Waals surface area contributed by atoms with E-state index in [-0.39, 0.29) is 11.6 Å². The van der Waals surface area contributed by atoms with Gasteiger partial charge in [-0.1, -0.05) is 18.2 Å². The average Bonchev–Trinajstić information content (AvgIpc) is 2.39. The fraction of sp³-hybridized carbons (Fsp3) is 0.143. The highest BCUT2D eigenvalue weighted by molar-refractivity contribution is 9.10. The molecule has 2 rings (SSSR count). The monoisotopic (exact) mass is 326 g/mol. The maximum absolute atomic E-state index is 13.6. The number of benzene rings is 2. The van der Waals surface area contributed by atoms with Gasteiger partial charge in [0.25, 0.3) is 0 Å². The molecule has 0 fully saturated rings. The minimum atomic E-state index is -0.396. The van der Waals surface area contributed by atoms with Crippen molar-refractivity contribution in [2.45, 2.75) is 13.0 Å². The predicted octanol–water partition coefficient (Wildman–Crippen LogP) is 3.59. The molecule has 100 valence electrons. The Morgan fingerprint density at radius 1 is 1.05 bits per heavy atom. The topological polar surface area (TPSA) is 38.0 Å². The van der Waals surface area contributed by atoms with Gasteiger partial charge in [0.2, 0.25) is 0 Å². The summed E-state index contributed by atoms with van der Waals surface area (Å²) in [6, 6.07) is 9.09. The molecule has 5 heteroatoms. The lowest BCUT2D eigenvalue weighted by atomic mass is 9.98. The number of nitrogens with two attached hydrogens (primary N) is 1. The van der Waals surface area contributed by atoms with Gasteiger partial charge in [0.05, 0.1) is 10.5 Å². The first kappa shape index (κ1) is 14.1. The van der Waals surface area contributed by atoms with Crippen molar-refractivity contribution < 1.29 is 8.78 Å². The van der Waals surface area contributed by atoms with Crippen LogP contribution in [0, 0.1) is 18.6 Å². The number of hydrazine groups is 1. The standard InChI is InChI=1S/C14H13BrF2N2/c1-8-2-3-10(7-13(8)17)14(19-18)9-4-5-12(16)11(15)6-9/h2-7,14,19H,18H2,1H3. The van der Waals surface area contributed by atoms with Gasteiger partial charge in [0.1, 0.15) is 11.6 Å². The summed E-state index contributed by atoms with van der Waals surface area (Å²) in [4.78, 5) is 0. The Morgan fingerprint density at radius 2 is 1.68 bits per heavy atom. The third-order valence-corrected chi connectivity index (χ3v) is 3.58. The number of aryl methyl sites for hydroxylation is 1. The zero-order valence-corrected chi connectivity index (χ0v) is 11.8. The Bertz CT molecular complexity index is 550. The van der Waals surface area contributed by atoms with E-state index in [0.29, 0.717) is 15.6 Å². The molecule has 2 aromatic carbocycles. The number of rotatable bonds is 3. The van der Waals surface area contributed by atoms with Gasteiger partial charge in [-0.25, -0.2) is 14.2 Å². The predicted molar refractivity (Wildman–Crippen MR) is 74.4 cm³/mol. The molecule has 0 bridgehead atoms. The molecule has 0 aromatic heterocycles. The molecule has 1 atom stereocenters. The molecule has 0 radical (unpaired) electrons. The Morgan fingerprint density at radius 3 is 2.26 bits per heavy atom. The molecule has 0 aliphatic heterocycles. The van der Waals surface area contributed by atoms with E-state index in [0.717, 1.165) is 5.56 Å². The van der Waals surface area contributed by atoms with Crippen molar-refractivity contribution in [1.82, 2.24) is 5.43 Å². The van der Waals surface area contributed by atoms with Crippen molar-refractivity contribution in [3.8, 4) is 0 Å². The third kappa shape index (κ3) is 3.00. The van der Waals surface area contributed by atoms with Crippen molar-refractivity contribution >= 4 is 15.9 Å². The van der Waals surface area contributed by atoms with Crippen LogP contribution in [0.25, 0.3) is 0 Å². The lowest BCUT2D eigenvalue weighted by molar-refractivity contribution is 0.594. The van der Waals surface area contributed by atoms with Gasteiger partial charge in [0.15, 0.2) is 0 Å². The van der Waals surface area contributed by atoms with E-state index >= 15 is 0 Å². The van der Waals surface area contributed by atoms with E-state index in [1.165, 1.54) is 12.1 Å². The van der Waals surface area contributed by atoms with E-state index in [4.69, 9.17) is 5.84 Å². The number of nitrogens with one attached hydrogen (secondary N) is 1. The lowest BCUT2D eigenvalue weighted by Crippen LogP contribution is -2.29. The zero-order valence-electron chi connectivity index (χ0n) is 10.3. The molecule has 0 spiro atoms. The molecule has 3 N–H and O–H groups in total. The van der Waals surface area contributed by atoms with Crippen LogP contribution in [-0.4, -0.2) is 0 Å². The summed E-state index contributed by atoms with van der Waals surface area (Å²) in [6.07, 6.45) is 0. The molecule has 2 nitrogen and oxygen atoms in total. The van der Waals surface area contributed by atoms with Crippen LogP contribution < -0.4 is 11.3 Å². The molecular weight excluding hydrogens is 314 g/mol. The molecule has 0 saturated carbocycles. The molecule has 0 heterocycles. The van der Waals surface area contributed by atoms with E-state index in [1.807, 2.05) is 0 Å². The fourth-order valence-corrected chi connectivity index (χ4v) is 2.26. The summed E-state index contributed by atoms with van der Waals surface area (Å²) in [7, 11) is 0. The van der Waals surface area contributed by atoms with E-state index in [1.54, 1.807) is 31.2 Å². The average molecular weight is 327 g/mol. The third-order valence-electron chi connectivity index (χ3n) is 2.97. The maximum atomic E-state index is 13.6. The van der Waals surface area contributed by atoms with Gasteiger partial charge < -0.3 is 0 Å². The molecule has 0 aliphatic carbocycles. The summed E-state index contributed by atoms with van der Waals surface area (Å²) in [5, 5.41) is 0. The highest BCUT2D eigenvalue weighted by Gasteiger charge is 2.15. The first-order valence-corrected chi connectivity index (χ1v) is 6.49. The molecule has 0 saturated heterocycles. The molecule has 2 aromatic rings. The number of hydrogen-bond donors (Lipinski definition) is 2. The second-order valence-corrected chi connectivity index (χ2v) is 5.14. The van der Waals surface area contributed by atoms with Crippen molar-refractivity contribution in [2.75, 3.05) is 0 Å². The van der Waals surface area contributed by atoms with Gasteiger partial charge >= 0.3 is 0 Å². The van der Waals surface area contributed by atoms with Crippen molar-refractivity contribution in [2.24, 2.45) is 5.84 Å². The summed E-state index contributed by atoms with van der Waals surface area (Å²) in [5.74, 6) is 4.89. The number of hydrogen-bond acceptors (Lipinski definition) is 2. The molecule has 1 unspecified atom stereocenters. The molecular formula is C14H13BrF2N2. The highest BCUT2D eigenvalue weighted by Crippen LogP contribution is 2.26. The van der Waals surface area contributed by atoms with E-state index < -0.39 is 6.04 Å². The van der Waals surface area contributed by atoms with Gasteiger partial charge in [-0.2, -0.15) is 0 Å². The van der Waals surface area contributed by atoms with Gasteiger partial charge in [-0.05, 0) is 57.7 Å². The van der Waals surface area contributed by atoms with Crippen LogP contribution in [0.4, 0.5) is 8.78 Å². The van der Waals surface area contributed by atoms with E-state index in [2.05, 4.69) is 21.4 Å². The van der Waals surface area contributed by atoms with Crippen LogP contribution in [-0.2, 0) is 0 Å². The largest absolute Gasteiger partial charge is 0.271 e. The quantitative estimate of drug-likeness (QED) is 0.668. The van der Waals surface area contributed by atoms with Crippen molar-refractivity contribution in [3.05, 3.63) is 69.2 Å². The van der Waals surface area contributed by atoms with Crippen LogP contribution in [0.15, 0.2) is 40.9 Å². The summed E-state index contributed by atoms with van der Waals surface area (Å²) >= 11 is 3.12. The van der Waals surface area contributed by atoms with Crippen molar-refractivity contribution in [1.29, 1.82) is 0 Å². The van der Waals surface area contributed by atoms with Crippen LogP contribution in [0.5, 0.6) is 0 Å². The normalized spacial score (nSPS) is 12.5. The first-order valence-electron chi connectivity index (χ1n) is 5.70. The first-order chi connectivity index (χ1) is 9.02. The van der Waals surface area contributed by atoms with Gasteiger partial charge in [-0.3, -0.25) is 5.84 Å². The molecule has 0 amide bonds. The van der Waals surface area contributed by atoms with Crippen LogP contribution in [0.3, 0.4) is 0 Å². The minimum absolute atomic E-state index is 0.293. The Balaban J connectivity index is 2.43. The Labute approximate surface area is 118 Å². The van der Waals surface area contributed by atoms with Crippen LogP contribution >= 0.6 is 15.9 Å². The Kier molecular flexibility index (Phi) is 4.29. The second kappa shape index (κ2) is 5.77. The lowest BCUT2D eigenvalue weighted by Gasteiger charge is -2.18. The summed E-state index contributed by atoms with van der Waals surface area (Å²) < 4.78 is 27.2. The molecule has 0 aliphatic rings. The summed E-state index contributed by atoms with van der Waals surface area (Å²) in [6.45, 7) is 1.69. The highest BCUT2D eigenvalue weighted by atomic mass is 79.9. The second-order valence-electron chi connectivity index (χ2n) is 4.28. The van der Waals surface area contributed by atoms with Crippen LogP contribution in [0.1, 0.15) is 22.7 Å². The molecule has 19 heavy (non-hydrogen) atoms. The van der Waals surface area contributed by atoms with Crippen molar-refractivity contribution in [3.63, 3.8) is 0 Å². The Hall–Kier alpha value is -1.30. The zero-order chi connectivity index (χ0) is 14.0. The SMILES string of the molecule is Cc1ccc(C(NN)c2ccc(F)c(Br)c2)cc1F. The van der Waals surface area contributed by atoms with Crippen LogP contribution in [0.2, 0.25) is 0 Å². The van der Waals surface area contributed by atoms with E-state index in [9.17, 15) is 8.78 Å². The fourth-order valence-electron chi connectivity index (χ4n) is 1.87. The minimum Gasteiger partial charge on any atom is -0.271 e. The summed E-state index contributed by atoms with van der Waals surface area (Å²) in [5.41, 5.74) is 4.62. The smallest absolute Gasteiger partial charge is 0.137 e. The van der Waals surface area contributed by atoms with Gasteiger partial charge in [-0.15, -0.1) is 0 Å². The maximum Gasteiger partial charge on any atom is 0.137 e.